The summed E-state index contributed by atoms with van der Waals surface area (Å²) in [4.78, 5) is 15.1. The van der Waals surface area contributed by atoms with Gasteiger partial charge in [-0.15, -0.1) is 0 Å². The number of carbonyl (C=O) groups excluding carboxylic acids is 1. The predicted molar refractivity (Wildman–Crippen MR) is 91.8 cm³/mol. The molecule has 0 radical (unpaired) electrons. The van der Waals surface area contributed by atoms with Gasteiger partial charge < -0.3 is 18.9 Å². The Morgan fingerprint density at radius 3 is 2.60 bits per heavy atom. The Kier molecular flexibility index (Phi) is 3.87. The van der Waals surface area contributed by atoms with E-state index in [1.165, 1.54) is 19.8 Å². The first-order chi connectivity index (χ1) is 12.1. The number of likely N-dealkylation sites (tertiary alicyclic amines) is 1. The number of carbonyl (C=O) groups is 1. The van der Waals surface area contributed by atoms with Crippen LogP contribution in [-0.2, 0) is 4.74 Å². The number of fused-ring (bicyclic) bond motifs is 5. The molecule has 25 heavy (non-hydrogen) atoms. The molecule has 1 aromatic carbocycles. The number of ether oxygens (including phenoxy) is 4. The normalized spacial score (nSPS) is 27.6. The minimum absolute atomic E-state index is 0.0777. The second-order valence-corrected chi connectivity index (χ2v) is 6.77. The number of likely N-dealkylation sites (N-methyl/N-ethyl adjacent to an activating group) is 1. The lowest BCUT2D eigenvalue weighted by Crippen LogP contribution is -2.45. The van der Waals surface area contributed by atoms with E-state index in [0.29, 0.717) is 22.8 Å². The van der Waals surface area contributed by atoms with Crippen molar-refractivity contribution in [3.63, 3.8) is 0 Å². The first-order valence-corrected chi connectivity index (χ1v) is 8.53. The highest BCUT2D eigenvalue weighted by molar-refractivity contribution is 5.97. The van der Waals surface area contributed by atoms with Gasteiger partial charge in [0.1, 0.15) is 11.7 Å². The van der Waals surface area contributed by atoms with Gasteiger partial charge in [0.05, 0.1) is 21.3 Å². The van der Waals surface area contributed by atoms with Gasteiger partial charge in [0.25, 0.3) is 0 Å². The molecule has 2 heterocycles. The van der Waals surface area contributed by atoms with Gasteiger partial charge in [0.15, 0.2) is 11.5 Å². The molecule has 1 aliphatic carbocycles. The molecule has 0 amide bonds. The Morgan fingerprint density at radius 1 is 1.16 bits per heavy atom. The minimum Gasteiger partial charge on any atom is -0.493 e. The monoisotopic (exact) mass is 345 g/mol. The molecule has 1 fully saturated rings. The lowest BCUT2D eigenvalue weighted by molar-refractivity contribution is 0.00856. The summed E-state index contributed by atoms with van der Waals surface area (Å²) in [6.07, 6.45) is 3.91. The lowest BCUT2D eigenvalue weighted by atomic mass is 9.74. The average molecular weight is 345 g/mol. The molecule has 0 saturated carbocycles. The Balaban J connectivity index is 1.95. The van der Waals surface area contributed by atoms with E-state index < -0.39 is 0 Å². The Labute approximate surface area is 147 Å². The van der Waals surface area contributed by atoms with Crippen LogP contribution < -0.4 is 14.2 Å². The van der Waals surface area contributed by atoms with Crippen molar-refractivity contribution < 1.29 is 23.7 Å². The molecule has 1 aromatic rings. The first kappa shape index (κ1) is 16.3. The summed E-state index contributed by atoms with van der Waals surface area (Å²) in [6.45, 7) is 1.02. The summed E-state index contributed by atoms with van der Waals surface area (Å²) in [6, 6.07) is 2.16. The van der Waals surface area contributed by atoms with E-state index >= 15 is 0 Å². The highest BCUT2D eigenvalue weighted by Crippen LogP contribution is 2.51. The number of esters is 1. The van der Waals surface area contributed by atoms with E-state index in [-0.39, 0.29) is 24.0 Å². The van der Waals surface area contributed by atoms with Gasteiger partial charge in [0.2, 0.25) is 5.75 Å². The number of hydrogen-bond acceptors (Lipinski definition) is 6. The van der Waals surface area contributed by atoms with E-state index in [2.05, 4.69) is 18.0 Å². The van der Waals surface area contributed by atoms with Crippen molar-refractivity contribution in [2.24, 2.45) is 0 Å². The van der Waals surface area contributed by atoms with Gasteiger partial charge in [-0.25, -0.2) is 4.79 Å². The Morgan fingerprint density at radius 2 is 1.92 bits per heavy atom. The number of rotatable bonds is 3. The quantitative estimate of drug-likeness (QED) is 0.619. The largest absolute Gasteiger partial charge is 0.493 e. The van der Waals surface area contributed by atoms with Gasteiger partial charge in [-0.05, 0) is 25.1 Å². The first-order valence-electron chi connectivity index (χ1n) is 8.53. The standard InChI is InChI=1S/C19H23NO5/c1-20-8-7-10-5-6-12-14(16(10)20)11-9-13(22-2)17(23-3)18(24-4)15(11)19(21)25-12/h5,9,12,14,16H,6-8H2,1-4H3/t12-,14-,16+/m0/s1. The van der Waals surface area contributed by atoms with Gasteiger partial charge in [-0.2, -0.15) is 0 Å². The van der Waals surface area contributed by atoms with Gasteiger partial charge in [0, 0.05) is 24.9 Å². The number of methoxy groups -OCH3 is 3. The van der Waals surface area contributed by atoms with Crippen molar-refractivity contribution in [1.82, 2.24) is 4.90 Å². The van der Waals surface area contributed by atoms with Crippen LogP contribution in [0.15, 0.2) is 17.7 Å². The summed E-state index contributed by atoms with van der Waals surface area (Å²) in [7, 11) is 6.79. The van der Waals surface area contributed by atoms with Crippen molar-refractivity contribution in [3.8, 4) is 17.2 Å². The van der Waals surface area contributed by atoms with Crippen LogP contribution in [0.1, 0.15) is 34.7 Å². The molecule has 3 aliphatic rings. The SMILES string of the molecule is COc1cc2c(c(OC)c1OC)C(=O)O[C@H]1CC=C3CCN(C)[C@H]3[C@@H]21. The predicted octanol–water partition coefficient (Wildman–Crippen LogP) is 2.37. The molecule has 0 N–H and O–H groups in total. The summed E-state index contributed by atoms with van der Waals surface area (Å²) >= 11 is 0. The van der Waals surface area contributed by atoms with Crippen LogP contribution in [0.5, 0.6) is 17.2 Å². The van der Waals surface area contributed by atoms with Crippen LogP contribution >= 0.6 is 0 Å². The maximum atomic E-state index is 12.7. The van der Waals surface area contributed by atoms with E-state index in [9.17, 15) is 4.79 Å². The van der Waals surface area contributed by atoms with Gasteiger partial charge in [-0.1, -0.05) is 11.6 Å². The van der Waals surface area contributed by atoms with Crippen molar-refractivity contribution in [2.75, 3.05) is 34.9 Å². The fraction of sp³-hybridized carbons (Fsp3) is 0.526. The molecule has 134 valence electrons. The van der Waals surface area contributed by atoms with Crippen LogP contribution in [0.3, 0.4) is 0 Å². The maximum absolute atomic E-state index is 12.7. The minimum atomic E-state index is -0.355. The Hall–Kier alpha value is -2.21. The molecule has 2 aliphatic heterocycles. The summed E-state index contributed by atoms with van der Waals surface area (Å²) in [5.41, 5.74) is 2.82. The lowest BCUT2D eigenvalue weighted by Gasteiger charge is -2.42. The second-order valence-electron chi connectivity index (χ2n) is 6.77. The molecular formula is C19H23NO5. The summed E-state index contributed by atoms with van der Waals surface area (Å²) < 4.78 is 22.3. The van der Waals surface area contributed by atoms with E-state index in [0.717, 1.165) is 24.9 Å². The second kappa shape index (κ2) is 5.95. The van der Waals surface area contributed by atoms with Gasteiger partial charge >= 0.3 is 5.97 Å². The zero-order valence-electron chi connectivity index (χ0n) is 15.0. The molecule has 0 bridgehead atoms. The van der Waals surface area contributed by atoms with Crippen molar-refractivity contribution in [2.45, 2.75) is 30.9 Å². The smallest absolute Gasteiger partial charge is 0.342 e. The Bertz CT molecular complexity index is 757. The van der Waals surface area contributed by atoms with Crippen molar-refractivity contribution >= 4 is 5.97 Å². The van der Waals surface area contributed by atoms with E-state index in [1.807, 2.05) is 6.07 Å². The van der Waals surface area contributed by atoms with Crippen LogP contribution in [0.2, 0.25) is 0 Å². The third-order valence-electron chi connectivity index (χ3n) is 5.64. The van der Waals surface area contributed by atoms with Crippen LogP contribution in [0, 0.1) is 0 Å². The molecule has 0 unspecified atom stereocenters. The van der Waals surface area contributed by atoms with E-state index in [1.54, 1.807) is 7.11 Å². The van der Waals surface area contributed by atoms with Crippen molar-refractivity contribution in [3.05, 3.63) is 28.8 Å². The van der Waals surface area contributed by atoms with Crippen LogP contribution in [0.25, 0.3) is 0 Å². The fourth-order valence-electron chi connectivity index (χ4n) is 4.56. The molecular weight excluding hydrogens is 322 g/mol. The van der Waals surface area contributed by atoms with Gasteiger partial charge in [-0.3, -0.25) is 4.90 Å². The summed E-state index contributed by atoms with van der Waals surface area (Å²) in [5.74, 6) is 1.10. The maximum Gasteiger partial charge on any atom is 0.342 e. The zero-order chi connectivity index (χ0) is 17.7. The molecule has 6 heteroatoms. The molecule has 3 atom stereocenters. The van der Waals surface area contributed by atoms with Crippen LogP contribution in [-0.4, -0.2) is 57.9 Å². The number of nitrogens with zero attached hydrogens (tertiary/aromatic N) is 1. The molecule has 4 rings (SSSR count). The highest BCUT2D eigenvalue weighted by atomic mass is 16.6. The fourth-order valence-corrected chi connectivity index (χ4v) is 4.56. The number of benzene rings is 1. The van der Waals surface area contributed by atoms with Crippen LogP contribution in [0.4, 0.5) is 0 Å². The molecule has 6 nitrogen and oxygen atoms in total. The highest BCUT2D eigenvalue weighted by Gasteiger charge is 2.48. The third-order valence-corrected chi connectivity index (χ3v) is 5.64. The molecule has 0 spiro atoms. The third kappa shape index (κ3) is 2.24. The number of hydrogen-bond donors (Lipinski definition) is 0. The van der Waals surface area contributed by atoms with Crippen molar-refractivity contribution in [1.29, 1.82) is 0 Å². The van der Waals surface area contributed by atoms with E-state index in [4.69, 9.17) is 18.9 Å². The summed E-state index contributed by atoms with van der Waals surface area (Å²) in [5, 5.41) is 0. The molecule has 1 saturated heterocycles. The average Bonchev–Trinajstić information content (AvgIpc) is 3.00. The topological polar surface area (TPSA) is 57.2 Å². The molecule has 0 aromatic heterocycles. The zero-order valence-corrected chi connectivity index (χ0v) is 15.0.